The van der Waals surface area contributed by atoms with Gasteiger partial charge in [0.2, 0.25) is 0 Å². The van der Waals surface area contributed by atoms with Gasteiger partial charge in [-0.2, -0.15) is 0 Å². The average Bonchev–Trinajstić information content (AvgIpc) is 2.63. The minimum Gasteiger partial charge on any atom is -0.381 e. The molecule has 1 saturated heterocycles. The summed E-state index contributed by atoms with van der Waals surface area (Å²) in [5.74, 6) is -0.574. The Bertz CT molecular complexity index is 347. The quantitative estimate of drug-likeness (QED) is 0.251. The maximum atomic E-state index is 13.3. The summed E-state index contributed by atoms with van der Waals surface area (Å²) in [6.45, 7) is 3.07. The van der Waals surface area contributed by atoms with Crippen molar-refractivity contribution in [2.75, 3.05) is 33.9 Å². The van der Waals surface area contributed by atoms with Gasteiger partial charge in [-0.15, -0.1) is 8.78 Å². The number of alkyl halides is 2. The Balaban J connectivity index is 2.82. The van der Waals surface area contributed by atoms with E-state index in [1.807, 2.05) is 6.92 Å². The highest BCUT2D eigenvalue weighted by Crippen LogP contribution is 2.22. The van der Waals surface area contributed by atoms with Crippen LogP contribution >= 0.6 is 0 Å². The van der Waals surface area contributed by atoms with E-state index in [9.17, 15) is 18.9 Å². The van der Waals surface area contributed by atoms with Gasteiger partial charge in [0, 0.05) is 33.2 Å². The lowest BCUT2D eigenvalue weighted by Gasteiger charge is -2.19. The molecule has 6 nitrogen and oxygen atoms in total. The lowest BCUT2D eigenvalue weighted by Crippen LogP contribution is -2.45. The molecule has 2 unspecified atom stereocenters. The largest absolute Gasteiger partial charge is 0.572 e. The number of aliphatic imine (C=N–C) groups is 1. The van der Waals surface area contributed by atoms with Crippen LogP contribution in [0.25, 0.3) is 0 Å². The summed E-state index contributed by atoms with van der Waals surface area (Å²) in [4.78, 5) is 13.4. The van der Waals surface area contributed by atoms with E-state index in [0.29, 0.717) is 13.2 Å². The third-order valence-electron chi connectivity index (χ3n) is 2.91. The first-order valence-electron chi connectivity index (χ1n) is 5.59. The molecule has 0 amide bonds. The van der Waals surface area contributed by atoms with Gasteiger partial charge in [0.05, 0.1) is 6.61 Å². The summed E-state index contributed by atoms with van der Waals surface area (Å²) in [5, 5.41) is 10.4. The molecule has 1 heterocycles. The van der Waals surface area contributed by atoms with Crippen molar-refractivity contribution in [1.82, 2.24) is 4.90 Å². The van der Waals surface area contributed by atoms with E-state index in [1.54, 1.807) is 0 Å². The van der Waals surface area contributed by atoms with E-state index < -0.39 is 16.8 Å². The van der Waals surface area contributed by atoms with Crippen molar-refractivity contribution in [1.29, 1.82) is 0 Å². The number of nitro groups is 1. The van der Waals surface area contributed by atoms with E-state index in [2.05, 4.69) is 4.99 Å². The van der Waals surface area contributed by atoms with Crippen LogP contribution in [0.2, 0.25) is 0 Å². The molecule has 8 heteroatoms. The van der Waals surface area contributed by atoms with Crippen molar-refractivity contribution < 1.29 is 18.4 Å². The third kappa shape index (κ3) is 3.12. The van der Waals surface area contributed by atoms with Crippen molar-refractivity contribution in [2.45, 2.75) is 13.0 Å². The highest BCUT2D eigenvalue weighted by atomic mass is 19.3. The SMILES string of the molecule is CC1COCC1CN=C(N(C)C)C(F)(F)[N+](=O)[O-]. The van der Waals surface area contributed by atoms with Gasteiger partial charge < -0.3 is 9.64 Å². The highest BCUT2D eigenvalue weighted by Gasteiger charge is 2.52. The summed E-state index contributed by atoms with van der Waals surface area (Å²) >= 11 is 0. The first-order valence-corrected chi connectivity index (χ1v) is 5.59. The van der Waals surface area contributed by atoms with E-state index in [1.165, 1.54) is 14.1 Å². The molecular weight excluding hydrogens is 248 g/mol. The maximum Gasteiger partial charge on any atom is 0.572 e. The molecule has 1 rings (SSSR count). The Labute approximate surface area is 104 Å². The lowest BCUT2D eigenvalue weighted by atomic mass is 9.98. The van der Waals surface area contributed by atoms with E-state index in [-0.39, 0.29) is 18.4 Å². The van der Waals surface area contributed by atoms with Crippen LogP contribution in [0.3, 0.4) is 0 Å². The molecule has 18 heavy (non-hydrogen) atoms. The summed E-state index contributed by atoms with van der Waals surface area (Å²) < 4.78 is 31.9. The molecule has 1 aliphatic rings. The number of nitrogens with zero attached hydrogens (tertiary/aromatic N) is 3. The fourth-order valence-corrected chi connectivity index (χ4v) is 1.73. The average molecular weight is 265 g/mol. The molecule has 0 aliphatic carbocycles. The van der Waals surface area contributed by atoms with Gasteiger partial charge in [-0.25, -0.2) is 0 Å². The molecule has 104 valence electrons. The zero-order chi connectivity index (χ0) is 13.9. The Morgan fingerprint density at radius 2 is 2.17 bits per heavy atom. The molecule has 0 radical (unpaired) electrons. The van der Waals surface area contributed by atoms with Gasteiger partial charge in [-0.1, -0.05) is 6.92 Å². The van der Waals surface area contributed by atoms with Gasteiger partial charge in [-0.3, -0.25) is 15.1 Å². The molecule has 0 aromatic rings. The molecule has 2 atom stereocenters. The Hall–Kier alpha value is -1.31. The maximum absolute atomic E-state index is 13.3. The lowest BCUT2D eigenvalue weighted by molar-refractivity contribution is -0.618. The summed E-state index contributed by atoms with van der Waals surface area (Å²) in [6.07, 6.45) is 0. The number of halogens is 2. The smallest absolute Gasteiger partial charge is 0.381 e. The Kier molecular flexibility index (Phi) is 4.55. The second kappa shape index (κ2) is 5.55. The van der Waals surface area contributed by atoms with Gasteiger partial charge in [0.1, 0.15) is 4.92 Å². The normalized spacial score (nSPS) is 25.3. The molecule has 0 saturated carbocycles. The van der Waals surface area contributed by atoms with Crippen LogP contribution in [0.4, 0.5) is 8.78 Å². The monoisotopic (exact) mass is 265 g/mol. The van der Waals surface area contributed by atoms with Gasteiger partial charge in [-0.05, 0) is 5.92 Å². The van der Waals surface area contributed by atoms with Crippen LogP contribution < -0.4 is 0 Å². The first kappa shape index (κ1) is 14.7. The van der Waals surface area contributed by atoms with Crippen molar-refractivity contribution in [3.05, 3.63) is 10.1 Å². The van der Waals surface area contributed by atoms with Crippen molar-refractivity contribution in [2.24, 2.45) is 16.8 Å². The molecule has 0 aromatic carbocycles. The Morgan fingerprint density at radius 3 is 2.56 bits per heavy atom. The topological polar surface area (TPSA) is 68.0 Å². The third-order valence-corrected chi connectivity index (χ3v) is 2.91. The second-order valence-electron chi connectivity index (χ2n) is 4.63. The zero-order valence-electron chi connectivity index (χ0n) is 10.6. The van der Waals surface area contributed by atoms with Gasteiger partial charge >= 0.3 is 6.05 Å². The molecule has 0 aromatic heterocycles. The predicted octanol–water partition coefficient (Wildman–Crippen LogP) is 1.10. The number of hydrogen-bond donors (Lipinski definition) is 0. The van der Waals surface area contributed by atoms with Crippen LogP contribution in [0.15, 0.2) is 4.99 Å². The number of amidine groups is 1. The van der Waals surface area contributed by atoms with Crippen LogP contribution in [-0.2, 0) is 4.74 Å². The number of ether oxygens (including phenoxy) is 1. The summed E-state index contributed by atoms with van der Waals surface area (Å²) in [7, 11) is 2.62. The fraction of sp³-hybridized carbons (Fsp3) is 0.900. The van der Waals surface area contributed by atoms with E-state index >= 15 is 0 Å². The molecule has 1 fully saturated rings. The molecule has 0 spiro atoms. The van der Waals surface area contributed by atoms with Crippen LogP contribution in [0.1, 0.15) is 6.92 Å². The van der Waals surface area contributed by atoms with Crippen LogP contribution in [0, 0.1) is 22.0 Å². The van der Waals surface area contributed by atoms with Crippen molar-refractivity contribution in [3.8, 4) is 0 Å². The van der Waals surface area contributed by atoms with E-state index in [4.69, 9.17) is 4.74 Å². The van der Waals surface area contributed by atoms with Crippen LogP contribution in [-0.4, -0.2) is 55.6 Å². The number of hydrogen-bond acceptors (Lipinski definition) is 4. The predicted molar refractivity (Wildman–Crippen MR) is 61.4 cm³/mol. The number of rotatable bonds is 4. The Morgan fingerprint density at radius 1 is 1.56 bits per heavy atom. The molecule has 0 N–H and O–H groups in total. The second-order valence-corrected chi connectivity index (χ2v) is 4.63. The van der Waals surface area contributed by atoms with Crippen molar-refractivity contribution >= 4 is 5.84 Å². The summed E-state index contributed by atoms with van der Waals surface area (Å²) in [6, 6.07) is -4.16. The van der Waals surface area contributed by atoms with Crippen LogP contribution in [0.5, 0.6) is 0 Å². The molecule has 1 aliphatic heterocycles. The molecular formula is C10H17F2N3O3. The number of likely N-dealkylation sites (N-methyl/N-ethyl adjacent to an activating group) is 1. The minimum absolute atomic E-state index is 0.0301. The standard InChI is InChI=1S/C10H17F2N3O3/c1-7-5-18-6-8(7)4-13-9(14(2)3)10(11,12)15(16)17/h7-8H,4-6H2,1-3H3. The van der Waals surface area contributed by atoms with Gasteiger partial charge in [0.25, 0.3) is 5.84 Å². The first-order chi connectivity index (χ1) is 8.26. The summed E-state index contributed by atoms with van der Waals surface area (Å²) in [5.41, 5.74) is 0. The fourth-order valence-electron chi connectivity index (χ4n) is 1.73. The van der Waals surface area contributed by atoms with E-state index in [0.717, 1.165) is 4.90 Å². The van der Waals surface area contributed by atoms with Crippen molar-refractivity contribution in [3.63, 3.8) is 0 Å². The van der Waals surface area contributed by atoms with Gasteiger partial charge in [0.15, 0.2) is 0 Å². The molecule has 0 bridgehead atoms. The highest BCUT2D eigenvalue weighted by molar-refractivity contribution is 5.87. The minimum atomic E-state index is -4.16. The zero-order valence-corrected chi connectivity index (χ0v) is 10.6.